The summed E-state index contributed by atoms with van der Waals surface area (Å²) < 4.78 is 51.1. The van der Waals surface area contributed by atoms with Gasteiger partial charge < -0.3 is 0 Å². The highest BCUT2D eigenvalue weighted by Gasteiger charge is 2.29. The standard InChI is InChI=1S/C15H12F4S/c16-14(11-4-2-1-3-5-11)10-20-13-8-6-12(7-9-13)15(17,18)19/h1-9,14H,10H2. The molecule has 2 aromatic rings. The van der Waals surface area contributed by atoms with Crippen molar-refractivity contribution in [1.82, 2.24) is 0 Å². The van der Waals surface area contributed by atoms with E-state index in [0.717, 1.165) is 12.1 Å². The molecular weight excluding hydrogens is 288 g/mol. The Labute approximate surface area is 118 Å². The van der Waals surface area contributed by atoms with Gasteiger partial charge in [-0.05, 0) is 29.8 Å². The van der Waals surface area contributed by atoms with Gasteiger partial charge in [-0.25, -0.2) is 4.39 Å². The van der Waals surface area contributed by atoms with Crippen molar-refractivity contribution in [3.05, 3.63) is 65.7 Å². The lowest BCUT2D eigenvalue weighted by atomic mass is 10.1. The molecular formula is C15H12F4S. The molecule has 0 fully saturated rings. The van der Waals surface area contributed by atoms with Crippen LogP contribution in [0, 0.1) is 0 Å². The Hall–Kier alpha value is -1.49. The Balaban J connectivity index is 1.94. The van der Waals surface area contributed by atoms with Crippen molar-refractivity contribution in [2.75, 3.05) is 5.75 Å². The number of benzene rings is 2. The molecule has 5 heteroatoms. The summed E-state index contributed by atoms with van der Waals surface area (Å²) in [5, 5.41) is 0. The summed E-state index contributed by atoms with van der Waals surface area (Å²) in [6.45, 7) is 0. The Morgan fingerprint density at radius 1 is 0.900 bits per heavy atom. The normalized spacial score (nSPS) is 13.2. The van der Waals surface area contributed by atoms with Crippen molar-refractivity contribution in [3.8, 4) is 0 Å². The maximum Gasteiger partial charge on any atom is 0.416 e. The zero-order valence-corrected chi connectivity index (χ0v) is 11.2. The summed E-state index contributed by atoms with van der Waals surface area (Å²) in [6, 6.07) is 13.5. The van der Waals surface area contributed by atoms with E-state index >= 15 is 0 Å². The minimum atomic E-state index is -4.34. The number of thioether (sulfide) groups is 1. The van der Waals surface area contributed by atoms with E-state index in [9.17, 15) is 17.6 Å². The summed E-state index contributed by atoms with van der Waals surface area (Å²) in [7, 11) is 0. The fourth-order valence-electron chi connectivity index (χ4n) is 1.67. The SMILES string of the molecule is FC(CSc1ccc(C(F)(F)F)cc1)c1ccccc1. The molecule has 0 aliphatic heterocycles. The highest BCUT2D eigenvalue weighted by molar-refractivity contribution is 7.99. The maximum absolute atomic E-state index is 13.9. The minimum absolute atomic E-state index is 0.176. The molecule has 1 unspecified atom stereocenters. The molecule has 0 spiro atoms. The third-order valence-corrected chi connectivity index (χ3v) is 3.80. The van der Waals surface area contributed by atoms with Gasteiger partial charge in [-0.3, -0.25) is 0 Å². The first-order valence-corrected chi connectivity index (χ1v) is 6.94. The largest absolute Gasteiger partial charge is 0.416 e. The summed E-state index contributed by atoms with van der Waals surface area (Å²) in [6.07, 6.45) is -5.47. The molecule has 2 aromatic carbocycles. The Bertz CT molecular complexity index is 534. The lowest BCUT2D eigenvalue weighted by Crippen LogP contribution is -2.04. The van der Waals surface area contributed by atoms with Gasteiger partial charge in [-0.15, -0.1) is 11.8 Å². The molecule has 20 heavy (non-hydrogen) atoms. The van der Waals surface area contributed by atoms with E-state index in [0.29, 0.717) is 10.5 Å². The van der Waals surface area contributed by atoms with Crippen LogP contribution < -0.4 is 0 Å². The summed E-state index contributed by atoms with van der Waals surface area (Å²) in [5.41, 5.74) is -0.117. The molecule has 0 aliphatic rings. The van der Waals surface area contributed by atoms with Gasteiger partial charge in [0, 0.05) is 10.6 Å². The van der Waals surface area contributed by atoms with E-state index in [-0.39, 0.29) is 5.75 Å². The molecule has 0 aliphatic carbocycles. The van der Waals surface area contributed by atoms with Crippen molar-refractivity contribution >= 4 is 11.8 Å². The van der Waals surface area contributed by atoms with Gasteiger partial charge in [-0.2, -0.15) is 13.2 Å². The number of alkyl halides is 4. The van der Waals surface area contributed by atoms with Crippen molar-refractivity contribution < 1.29 is 17.6 Å². The van der Waals surface area contributed by atoms with Gasteiger partial charge >= 0.3 is 6.18 Å². The van der Waals surface area contributed by atoms with Crippen molar-refractivity contribution in [1.29, 1.82) is 0 Å². The molecule has 106 valence electrons. The summed E-state index contributed by atoms with van der Waals surface area (Å²) in [5.74, 6) is 0.176. The van der Waals surface area contributed by atoms with Gasteiger partial charge in [0.05, 0.1) is 5.56 Å². The molecule has 0 amide bonds. The molecule has 0 N–H and O–H groups in total. The second-order valence-corrected chi connectivity index (χ2v) is 5.30. The lowest BCUT2D eigenvalue weighted by Gasteiger charge is -2.09. The highest BCUT2D eigenvalue weighted by atomic mass is 32.2. The van der Waals surface area contributed by atoms with Gasteiger partial charge in [0.1, 0.15) is 6.17 Å². The molecule has 2 rings (SSSR count). The summed E-state index contributed by atoms with van der Waals surface area (Å²) >= 11 is 1.20. The van der Waals surface area contributed by atoms with Gasteiger partial charge in [0.25, 0.3) is 0 Å². The molecule has 0 heterocycles. The average molecular weight is 300 g/mol. The van der Waals surface area contributed by atoms with Crippen LogP contribution in [0.15, 0.2) is 59.5 Å². The van der Waals surface area contributed by atoms with E-state index in [1.165, 1.54) is 23.9 Å². The van der Waals surface area contributed by atoms with Crippen LogP contribution in [0.3, 0.4) is 0 Å². The van der Waals surface area contributed by atoms with Crippen LogP contribution in [0.2, 0.25) is 0 Å². The predicted molar refractivity (Wildman–Crippen MR) is 72.5 cm³/mol. The second kappa shape index (κ2) is 6.31. The Kier molecular flexibility index (Phi) is 4.70. The fraction of sp³-hybridized carbons (Fsp3) is 0.200. The third-order valence-electron chi connectivity index (χ3n) is 2.74. The number of hydrogen-bond acceptors (Lipinski definition) is 1. The van der Waals surface area contributed by atoms with Gasteiger partial charge in [-0.1, -0.05) is 30.3 Å². The predicted octanol–water partition coefficient (Wildman–Crippen LogP) is 5.51. The first-order chi connectivity index (χ1) is 9.47. The Morgan fingerprint density at radius 2 is 1.50 bits per heavy atom. The minimum Gasteiger partial charge on any atom is -0.241 e. The monoisotopic (exact) mass is 300 g/mol. The van der Waals surface area contributed by atoms with E-state index in [1.54, 1.807) is 30.3 Å². The molecule has 0 saturated heterocycles. The molecule has 0 aromatic heterocycles. The first-order valence-electron chi connectivity index (χ1n) is 5.96. The van der Waals surface area contributed by atoms with E-state index in [2.05, 4.69) is 0 Å². The van der Waals surface area contributed by atoms with E-state index in [4.69, 9.17) is 0 Å². The first kappa shape index (κ1) is 14.9. The van der Waals surface area contributed by atoms with Crippen molar-refractivity contribution in [3.63, 3.8) is 0 Å². The highest BCUT2D eigenvalue weighted by Crippen LogP contribution is 2.32. The van der Waals surface area contributed by atoms with Crippen LogP contribution in [0.4, 0.5) is 17.6 Å². The van der Waals surface area contributed by atoms with Crippen LogP contribution >= 0.6 is 11.8 Å². The van der Waals surface area contributed by atoms with Crippen molar-refractivity contribution in [2.45, 2.75) is 17.2 Å². The zero-order chi connectivity index (χ0) is 14.6. The molecule has 0 bridgehead atoms. The van der Waals surface area contributed by atoms with Crippen LogP contribution in [-0.4, -0.2) is 5.75 Å². The van der Waals surface area contributed by atoms with Crippen LogP contribution in [0.5, 0.6) is 0 Å². The van der Waals surface area contributed by atoms with Crippen molar-refractivity contribution in [2.24, 2.45) is 0 Å². The molecule has 0 radical (unpaired) electrons. The molecule has 1 atom stereocenters. The smallest absolute Gasteiger partial charge is 0.241 e. The maximum atomic E-state index is 13.9. The van der Waals surface area contributed by atoms with Crippen LogP contribution in [0.1, 0.15) is 17.3 Å². The summed E-state index contributed by atoms with van der Waals surface area (Å²) in [4.78, 5) is 0.622. The van der Waals surface area contributed by atoms with E-state index in [1.807, 2.05) is 0 Å². The number of hydrogen-bond donors (Lipinski definition) is 0. The average Bonchev–Trinajstić information content (AvgIpc) is 2.45. The Morgan fingerprint density at radius 3 is 2.05 bits per heavy atom. The number of rotatable bonds is 4. The fourth-order valence-corrected chi connectivity index (χ4v) is 2.53. The lowest BCUT2D eigenvalue weighted by molar-refractivity contribution is -0.137. The molecule has 0 saturated carbocycles. The van der Waals surface area contributed by atoms with Crippen LogP contribution in [0.25, 0.3) is 0 Å². The quantitative estimate of drug-likeness (QED) is 0.530. The van der Waals surface area contributed by atoms with Gasteiger partial charge in [0.15, 0.2) is 0 Å². The topological polar surface area (TPSA) is 0 Å². The van der Waals surface area contributed by atoms with Crippen LogP contribution in [-0.2, 0) is 6.18 Å². The molecule has 0 nitrogen and oxygen atoms in total. The third kappa shape index (κ3) is 4.00. The van der Waals surface area contributed by atoms with Gasteiger partial charge in [0.2, 0.25) is 0 Å². The number of halogens is 4. The second-order valence-electron chi connectivity index (χ2n) is 4.21. The zero-order valence-electron chi connectivity index (χ0n) is 10.4. The van der Waals surface area contributed by atoms with E-state index < -0.39 is 17.9 Å².